The zero-order valence-electron chi connectivity index (χ0n) is 13.6. The number of hydrogen-bond donors (Lipinski definition) is 1. The van der Waals surface area contributed by atoms with Gasteiger partial charge in [0.1, 0.15) is 5.82 Å². The molecule has 1 saturated heterocycles. The number of nitrogens with zero attached hydrogens (tertiary/aromatic N) is 2. The van der Waals surface area contributed by atoms with Crippen molar-refractivity contribution in [2.24, 2.45) is 0 Å². The molecule has 1 aromatic rings. The first-order valence-electron chi connectivity index (χ1n) is 8.14. The maximum Gasteiger partial charge on any atom is 0.133 e. The van der Waals surface area contributed by atoms with Gasteiger partial charge in [0.25, 0.3) is 0 Å². The molecule has 0 bridgehead atoms. The first-order valence-corrected chi connectivity index (χ1v) is 9.08. The summed E-state index contributed by atoms with van der Waals surface area (Å²) in [6.45, 7) is 12.2. The topological polar surface area (TPSA) is 28.2 Å². The van der Waals surface area contributed by atoms with Crippen molar-refractivity contribution >= 4 is 17.6 Å². The fourth-order valence-electron chi connectivity index (χ4n) is 3.21. The summed E-state index contributed by atoms with van der Waals surface area (Å²) in [6.07, 6.45) is 2.67. The molecule has 21 heavy (non-hydrogen) atoms. The van der Waals surface area contributed by atoms with Gasteiger partial charge in [0.05, 0.1) is 0 Å². The van der Waals surface area contributed by atoms with E-state index in [0.29, 0.717) is 10.5 Å². The zero-order chi connectivity index (χ0) is 15.0. The van der Waals surface area contributed by atoms with Crippen LogP contribution in [0.1, 0.15) is 43.5 Å². The van der Waals surface area contributed by atoms with E-state index < -0.39 is 0 Å². The molecular formula is C17H27N3S. The minimum absolute atomic E-state index is 0.681. The van der Waals surface area contributed by atoms with E-state index in [4.69, 9.17) is 4.98 Å². The lowest BCUT2D eigenvalue weighted by molar-refractivity contribution is 0.666. The van der Waals surface area contributed by atoms with Gasteiger partial charge in [0.15, 0.2) is 0 Å². The lowest BCUT2D eigenvalue weighted by atomic mass is 10.1. The van der Waals surface area contributed by atoms with E-state index in [1.165, 1.54) is 29.8 Å². The molecule has 2 atom stereocenters. The second kappa shape index (κ2) is 6.17. The Bertz CT molecular complexity index is 503. The third-order valence-electron chi connectivity index (χ3n) is 4.32. The van der Waals surface area contributed by atoms with Crippen LogP contribution in [0.2, 0.25) is 0 Å². The third-order valence-corrected chi connectivity index (χ3v) is 5.54. The van der Waals surface area contributed by atoms with Gasteiger partial charge in [-0.2, -0.15) is 11.8 Å². The number of anilines is 1. The molecule has 2 heterocycles. The molecular weight excluding hydrogens is 278 g/mol. The number of rotatable bonds is 4. The van der Waals surface area contributed by atoms with Crippen molar-refractivity contribution in [1.82, 2.24) is 10.3 Å². The molecule has 0 aromatic carbocycles. The Kier molecular flexibility index (Phi) is 4.46. The molecule has 0 spiro atoms. The molecule has 2 unspecified atom stereocenters. The lowest BCUT2D eigenvalue weighted by Gasteiger charge is -2.37. The maximum absolute atomic E-state index is 4.90. The SMILES string of the molecule is Cc1cc(C)c(CNC2CC2)c(N2CC(C)SC(C)C2)n1. The van der Waals surface area contributed by atoms with Gasteiger partial charge in [-0.25, -0.2) is 4.98 Å². The molecule has 0 amide bonds. The number of aryl methyl sites for hydroxylation is 2. The van der Waals surface area contributed by atoms with Crippen molar-refractivity contribution in [2.75, 3.05) is 18.0 Å². The summed E-state index contributed by atoms with van der Waals surface area (Å²) in [7, 11) is 0. The number of hydrogen-bond acceptors (Lipinski definition) is 4. The molecule has 2 fully saturated rings. The first kappa shape index (κ1) is 15.2. The molecule has 3 nitrogen and oxygen atoms in total. The van der Waals surface area contributed by atoms with Gasteiger partial charge in [-0.05, 0) is 38.3 Å². The summed E-state index contributed by atoms with van der Waals surface area (Å²) in [5, 5.41) is 5.03. The van der Waals surface area contributed by atoms with Crippen molar-refractivity contribution in [1.29, 1.82) is 0 Å². The van der Waals surface area contributed by atoms with Crippen molar-refractivity contribution in [3.05, 3.63) is 22.9 Å². The summed E-state index contributed by atoms with van der Waals surface area (Å²) in [5.41, 5.74) is 3.92. The largest absolute Gasteiger partial charge is 0.354 e. The van der Waals surface area contributed by atoms with Gasteiger partial charge in [-0.1, -0.05) is 13.8 Å². The number of pyridine rings is 1. The Balaban J connectivity index is 1.87. The molecule has 4 heteroatoms. The van der Waals surface area contributed by atoms with Crippen LogP contribution in [0.15, 0.2) is 6.07 Å². The summed E-state index contributed by atoms with van der Waals surface area (Å²) in [5.74, 6) is 1.22. The fraction of sp³-hybridized carbons (Fsp3) is 0.706. The Labute approximate surface area is 132 Å². The van der Waals surface area contributed by atoms with E-state index in [9.17, 15) is 0 Å². The zero-order valence-corrected chi connectivity index (χ0v) is 14.5. The fourth-order valence-corrected chi connectivity index (χ4v) is 4.53. The van der Waals surface area contributed by atoms with Crippen LogP contribution in [0, 0.1) is 13.8 Å². The summed E-state index contributed by atoms with van der Waals surface area (Å²) < 4.78 is 0. The summed E-state index contributed by atoms with van der Waals surface area (Å²) in [6, 6.07) is 2.97. The highest BCUT2D eigenvalue weighted by molar-refractivity contribution is 8.00. The van der Waals surface area contributed by atoms with Crippen LogP contribution in [-0.4, -0.2) is 34.6 Å². The Morgan fingerprint density at radius 2 is 1.90 bits per heavy atom. The van der Waals surface area contributed by atoms with E-state index in [0.717, 1.165) is 31.4 Å². The van der Waals surface area contributed by atoms with E-state index >= 15 is 0 Å². The van der Waals surface area contributed by atoms with Crippen molar-refractivity contribution < 1.29 is 0 Å². The highest BCUT2D eigenvalue weighted by atomic mass is 32.2. The minimum atomic E-state index is 0.681. The van der Waals surface area contributed by atoms with Crippen molar-refractivity contribution in [3.63, 3.8) is 0 Å². The van der Waals surface area contributed by atoms with Gasteiger partial charge >= 0.3 is 0 Å². The van der Waals surface area contributed by atoms with Crippen molar-refractivity contribution in [2.45, 2.75) is 63.6 Å². The van der Waals surface area contributed by atoms with Gasteiger partial charge in [-0.15, -0.1) is 0 Å². The average molecular weight is 305 g/mol. The normalized spacial score (nSPS) is 26.2. The molecule has 116 valence electrons. The van der Waals surface area contributed by atoms with Crippen LogP contribution in [-0.2, 0) is 6.54 Å². The number of thioether (sulfide) groups is 1. The standard InChI is InChI=1S/C17H27N3S/c1-11-7-12(2)19-17(16(11)8-18-15-5-6-15)20-9-13(3)21-14(4)10-20/h7,13-15,18H,5-6,8-10H2,1-4H3. The Morgan fingerprint density at radius 3 is 2.52 bits per heavy atom. The molecule has 1 aliphatic carbocycles. The first-order chi connectivity index (χ1) is 10.0. The predicted octanol–water partition coefficient (Wildman–Crippen LogP) is 3.28. The van der Waals surface area contributed by atoms with Gasteiger partial charge in [-0.3, -0.25) is 0 Å². The summed E-state index contributed by atoms with van der Waals surface area (Å²) >= 11 is 2.10. The van der Waals surface area contributed by atoms with E-state index in [1.807, 2.05) is 0 Å². The van der Waals surface area contributed by atoms with Gasteiger partial charge < -0.3 is 10.2 Å². The van der Waals surface area contributed by atoms with Gasteiger partial charge in [0.2, 0.25) is 0 Å². The Hall–Kier alpha value is -0.740. The van der Waals surface area contributed by atoms with Crippen LogP contribution in [0.5, 0.6) is 0 Å². The Morgan fingerprint density at radius 1 is 1.24 bits per heavy atom. The second-order valence-corrected chi connectivity index (χ2v) is 8.58. The number of aromatic nitrogens is 1. The maximum atomic E-state index is 4.90. The monoisotopic (exact) mass is 305 g/mol. The predicted molar refractivity (Wildman–Crippen MR) is 92.3 cm³/mol. The molecule has 2 aliphatic rings. The highest BCUT2D eigenvalue weighted by Crippen LogP contribution is 2.31. The van der Waals surface area contributed by atoms with E-state index in [-0.39, 0.29) is 0 Å². The third kappa shape index (κ3) is 3.72. The van der Waals surface area contributed by atoms with Crippen LogP contribution < -0.4 is 10.2 Å². The van der Waals surface area contributed by atoms with Crippen LogP contribution >= 0.6 is 11.8 Å². The molecule has 3 rings (SSSR count). The number of nitrogens with one attached hydrogen (secondary N) is 1. The van der Waals surface area contributed by atoms with E-state index in [2.05, 4.69) is 55.7 Å². The van der Waals surface area contributed by atoms with Crippen LogP contribution in [0.4, 0.5) is 5.82 Å². The van der Waals surface area contributed by atoms with E-state index in [1.54, 1.807) is 0 Å². The average Bonchev–Trinajstić information content (AvgIpc) is 3.19. The molecule has 1 aliphatic heterocycles. The molecule has 1 aromatic heterocycles. The summed E-state index contributed by atoms with van der Waals surface area (Å²) in [4.78, 5) is 7.41. The minimum Gasteiger partial charge on any atom is -0.354 e. The quantitative estimate of drug-likeness (QED) is 0.924. The molecule has 0 radical (unpaired) electrons. The smallest absolute Gasteiger partial charge is 0.133 e. The lowest BCUT2D eigenvalue weighted by Crippen LogP contribution is -2.41. The van der Waals surface area contributed by atoms with Crippen LogP contribution in [0.25, 0.3) is 0 Å². The van der Waals surface area contributed by atoms with Gasteiger partial charge in [0, 0.05) is 47.4 Å². The molecule has 1 saturated carbocycles. The second-order valence-electron chi connectivity index (χ2n) is 6.70. The van der Waals surface area contributed by atoms with Crippen molar-refractivity contribution in [3.8, 4) is 0 Å². The van der Waals surface area contributed by atoms with Crippen LogP contribution in [0.3, 0.4) is 0 Å². The highest BCUT2D eigenvalue weighted by Gasteiger charge is 2.27. The molecule has 1 N–H and O–H groups in total.